The van der Waals surface area contributed by atoms with Crippen LogP contribution in [0.15, 0.2) is 0 Å². The maximum atomic E-state index is 6.39. The molecule has 1 fully saturated rings. The van der Waals surface area contributed by atoms with E-state index in [4.69, 9.17) is 17.3 Å². The summed E-state index contributed by atoms with van der Waals surface area (Å²) in [4.78, 5) is 0. The van der Waals surface area contributed by atoms with Crippen molar-refractivity contribution < 1.29 is 0 Å². The molecule has 2 rings (SSSR count). The summed E-state index contributed by atoms with van der Waals surface area (Å²) in [6.07, 6.45) is 6.06. The number of aryl methyl sites for hydroxylation is 2. The number of halogens is 1. The quantitative estimate of drug-likeness (QED) is 0.916. The highest BCUT2D eigenvalue weighted by Gasteiger charge is 2.26. The van der Waals surface area contributed by atoms with Crippen LogP contribution in [-0.2, 0) is 13.5 Å². The third kappa shape index (κ3) is 2.89. The zero-order valence-electron chi connectivity index (χ0n) is 11.6. The molecule has 1 aromatic heterocycles. The predicted molar refractivity (Wildman–Crippen MR) is 75.8 cm³/mol. The molecule has 1 saturated carbocycles. The lowest BCUT2D eigenvalue weighted by atomic mass is 9.77. The molecule has 18 heavy (non-hydrogen) atoms. The van der Waals surface area contributed by atoms with Crippen molar-refractivity contribution in [3.8, 4) is 0 Å². The van der Waals surface area contributed by atoms with Crippen molar-refractivity contribution in [2.24, 2.45) is 24.6 Å². The molecule has 1 aliphatic carbocycles. The monoisotopic (exact) mass is 269 g/mol. The Morgan fingerprint density at radius 1 is 1.50 bits per heavy atom. The van der Waals surface area contributed by atoms with Crippen LogP contribution in [0.4, 0.5) is 0 Å². The fourth-order valence-corrected chi connectivity index (χ4v) is 3.43. The Hall–Kier alpha value is -0.540. The minimum absolute atomic E-state index is 0.216. The van der Waals surface area contributed by atoms with Crippen LogP contribution in [0.25, 0.3) is 0 Å². The molecule has 0 spiro atoms. The second kappa shape index (κ2) is 5.62. The topological polar surface area (TPSA) is 43.8 Å². The van der Waals surface area contributed by atoms with E-state index in [2.05, 4.69) is 12.0 Å². The Morgan fingerprint density at radius 3 is 2.78 bits per heavy atom. The molecule has 4 heteroatoms. The molecule has 0 aromatic carbocycles. The first-order valence-corrected chi connectivity index (χ1v) is 7.30. The van der Waals surface area contributed by atoms with Crippen LogP contribution in [0.1, 0.15) is 43.9 Å². The van der Waals surface area contributed by atoms with Gasteiger partial charge in [-0.25, -0.2) is 0 Å². The Bertz CT molecular complexity index is 413. The number of hydrogen-bond donors (Lipinski definition) is 1. The van der Waals surface area contributed by atoms with Gasteiger partial charge < -0.3 is 5.73 Å². The normalized spacial score (nSPS) is 26.3. The molecule has 3 nitrogen and oxygen atoms in total. The smallest absolute Gasteiger partial charge is 0.130 e. The summed E-state index contributed by atoms with van der Waals surface area (Å²) in [7, 11) is 1.88. The number of nitrogens with zero attached hydrogens (tertiary/aromatic N) is 2. The van der Waals surface area contributed by atoms with Crippen molar-refractivity contribution in [3.05, 3.63) is 16.4 Å². The molecule has 1 aliphatic rings. The highest BCUT2D eigenvalue weighted by molar-refractivity contribution is 6.30. The summed E-state index contributed by atoms with van der Waals surface area (Å²) < 4.78 is 1.74. The molecular weight excluding hydrogens is 246 g/mol. The van der Waals surface area contributed by atoms with Gasteiger partial charge in [0.2, 0.25) is 0 Å². The van der Waals surface area contributed by atoms with Crippen LogP contribution in [-0.4, -0.2) is 15.8 Å². The lowest BCUT2D eigenvalue weighted by Crippen LogP contribution is -2.35. The molecule has 0 radical (unpaired) electrons. The molecule has 1 heterocycles. The second-order valence-electron chi connectivity index (χ2n) is 5.88. The summed E-state index contributed by atoms with van der Waals surface area (Å²) in [6.45, 7) is 4.35. The van der Waals surface area contributed by atoms with E-state index in [1.807, 2.05) is 14.0 Å². The maximum absolute atomic E-state index is 6.39. The summed E-state index contributed by atoms with van der Waals surface area (Å²) in [6, 6.07) is 0.216. The Balaban J connectivity index is 2.04. The average Bonchev–Trinajstić information content (AvgIpc) is 2.56. The number of hydrogen-bond acceptors (Lipinski definition) is 2. The van der Waals surface area contributed by atoms with Crippen molar-refractivity contribution >= 4 is 11.6 Å². The Kier molecular flexibility index (Phi) is 4.33. The largest absolute Gasteiger partial charge is 0.327 e. The third-order valence-corrected chi connectivity index (χ3v) is 4.76. The van der Waals surface area contributed by atoms with Gasteiger partial charge in [0.25, 0.3) is 0 Å². The summed E-state index contributed by atoms with van der Waals surface area (Å²) in [5, 5.41) is 5.10. The fourth-order valence-electron chi connectivity index (χ4n) is 3.18. The summed E-state index contributed by atoms with van der Waals surface area (Å²) in [5.41, 5.74) is 8.54. The van der Waals surface area contributed by atoms with E-state index in [1.54, 1.807) is 4.68 Å². The molecule has 102 valence electrons. The molecule has 0 saturated heterocycles. The van der Waals surface area contributed by atoms with Crippen molar-refractivity contribution in [3.63, 3.8) is 0 Å². The highest BCUT2D eigenvalue weighted by Crippen LogP contribution is 2.32. The van der Waals surface area contributed by atoms with Crippen LogP contribution < -0.4 is 5.73 Å². The number of rotatable bonds is 3. The minimum atomic E-state index is 0.216. The van der Waals surface area contributed by atoms with Crippen molar-refractivity contribution in [2.45, 2.75) is 52.0 Å². The molecular formula is C14H24ClN3. The van der Waals surface area contributed by atoms with Crippen molar-refractivity contribution in [1.82, 2.24) is 9.78 Å². The van der Waals surface area contributed by atoms with Crippen LogP contribution in [0, 0.1) is 18.8 Å². The lowest BCUT2D eigenvalue weighted by Gasteiger charge is -2.31. The highest BCUT2D eigenvalue weighted by atomic mass is 35.5. The standard InChI is InChI=1S/C14H24ClN3/c1-9-5-4-6-11(7-9)13(16)8-12-10(2)17-18(3)14(12)15/h9,11,13H,4-8,16H2,1-3H3. The lowest BCUT2D eigenvalue weighted by molar-refractivity contribution is 0.245. The van der Waals surface area contributed by atoms with Gasteiger partial charge in [0.15, 0.2) is 0 Å². The van der Waals surface area contributed by atoms with Gasteiger partial charge in [-0.3, -0.25) is 4.68 Å². The third-order valence-electron chi connectivity index (χ3n) is 4.29. The van der Waals surface area contributed by atoms with Gasteiger partial charge in [-0.1, -0.05) is 31.4 Å². The molecule has 3 atom stereocenters. The summed E-state index contributed by atoms with van der Waals surface area (Å²) in [5.74, 6) is 1.46. The first kappa shape index (κ1) is 13.9. The van der Waals surface area contributed by atoms with E-state index in [0.717, 1.165) is 28.7 Å². The molecule has 0 aliphatic heterocycles. The average molecular weight is 270 g/mol. The van der Waals surface area contributed by atoms with Crippen LogP contribution in [0.3, 0.4) is 0 Å². The van der Waals surface area contributed by atoms with Gasteiger partial charge in [-0.2, -0.15) is 5.10 Å². The van der Waals surface area contributed by atoms with Gasteiger partial charge in [-0.15, -0.1) is 0 Å². The van der Waals surface area contributed by atoms with E-state index >= 15 is 0 Å². The molecule has 3 unspecified atom stereocenters. The minimum Gasteiger partial charge on any atom is -0.327 e. The van der Waals surface area contributed by atoms with E-state index < -0.39 is 0 Å². The number of aromatic nitrogens is 2. The van der Waals surface area contributed by atoms with Crippen molar-refractivity contribution in [1.29, 1.82) is 0 Å². The molecule has 1 aromatic rings. The SMILES string of the molecule is Cc1nn(C)c(Cl)c1CC(N)C1CCCC(C)C1. The van der Waals surface area contributed by atoms with Crippen LogP contribution >= 0.6 is 11.6 Å². The Labute approximate surface area is 115 Å². The van der Waals surface area contributed by atoms with Gasteiger partial charge >= 0.3 is 0 Å². The van der Waals surface area contributed by atoms with E-state index in [1.165, 1.54) is 25.7 Å². The van der Waals surface area contributed by atoms with Crippen LogP contribution in [0.5, 0.6) is 0 Å². The van der Waals surface area contributed by atoms with Crippen molar-refractivity contribution in [2.75, 3.05) is 0 Å². The fraction of sp³-hybridized carbons (Fsp3) is 0.786. The molecule has 0 amide bonds. The van der Waals surface area contributed by atoms with Gasteiger partial charge in [-0.05, 0) is 38.0 Å². The summed E-state index contributed by atoms with van der Waals surface area (Å²) >= 11 is 6.27. The zero-order chi connectivity index (χ0) is 13.3. The maximum Gasteiger partial charge on any atom is 0.130 e. The van der Waals surface area contributed by atoms with E-state index in [9.17, 15) is 0 Å². The second-order valence-corrected chi connectivity index (χ2v) is 6.24. The van der Waals surface area contributed by atoms with E-state index in [0.29, 0.717) is 5.92 Å². The molecule has 2 N–H and O–H groups in total. The Morgan fingerprint density at radius 2 is 2.22 bits per heavy atom. The number of nitrogens with two attached hydrogens (primary N) is 1. The first-order chi connectivity index (χ1) is 8.49. The molecule has 0 bridgehead atoms. The van der Waals surface area contributed by atoms with Gasteiger partial charge in [0.05, 0.1) is 5.69 Å². The van der Waals surface area contributed by atoms with E-state index in [-0.39, 0.29) is 6.04 Å². The zero-order valence-corrected chi connectivity index (χ0v) is 12.4. The predicted octanol–water partition coefficient (Wildman–Crippen LogP) is 3.08. The first-order valence-electron chi connectivity index (χ1n) is 6.92. The van der Waals surface area contributed by atoms with Gasteiger partial charge in [0, 0.05) is 18.7 Å². The van der Waals surface area contributed by atoms with Gasteiger partial charge in [0.1, 0.15) is 5.15 Å². The van der Waals surface area contributed by atoms with Crippen LogP contribution in [0.2, 0.25) is 5.15 Å².